The molecule has 1 amide bonds. The van der Waals surface area contributed by atoms with Crippen molar-refractivity contribution in [3.8, 4) is 0 Å². The number of hydrogen-bond acceptors (Lipinski definition) is 3. The molecule has 128 valence electrons. The van der Waals surface area contributed by atoms with Crippen molar-refractivity contribution < 1.29 is 9.90 Å². The summed E-state index contributed by atoms with van der Waals surface area (Å²) in [5.74, 6) is 0.0127. The number of carbonyl (C=O) groups is 1. The molecule has 1 unspecified atom stereocenters. The third-order valence-electron chi connectivity index (χ3n) is 3.99. The van der Waals surface area contributed by atoms with Gasteiger partial charge < -0.3 is 10.4 Å². The van der Waals surface area contributed by atoms with Crippen LogP contribution < -0.4 is 5.32 Å². The Morgan fingerprint density at radius 2 is 1.96 bits per heavy atom. The van der Waals surface area contributed by atoms with E-state index in [2.05, 4.69) is 42.3 Å². The monoisotopic (exact) mass is 326 g/mol. The molecular weight excluding hydrogens is 300 g/mol. The van der Waals surface area contributed by atoms with Crippen LogP contribution in [0.5, 0.6) is 0 Å². The van der Waals surface area contributed by atoms with Crippen molar-refractivity contribution in [2.24, 2.45) is 5.92 Å². The van der Waals surface area contributed by atoms with Crippen LogP contribution in [0.2, 0.25) is 0 Å². The molecule has 0 saturated heterocycles. The first-order chi connectivity index (χ1) is 11.6. The predicted octanol–water partition coefficient (Wildman–Crippen LogP) is 2.60. The summed E-state index contributed by atoms with van der Waals surface area (Å²) in [5.41, 5.74) is 4.57. The van der Waals surface area contributed by atoms with Crippen molar-refractivity contribution >= 4 is 5.91 Å². The SMILES string of the molecule is Cc1cc(C)cc(CCC(=O)NCC(CO)Cc2ccccn2)c1. The predicted molar refractivity (Wildman–Crippen MR) is 95.8 cm³/mol. The van der Waals surface area contributed by atoms with Gasteiger partial charge in [-0.15, -0.1) is 0 Å². The fourth-order valence-corrected chi connectivity index (χ4v) is 2.83. The molecule has 1 aromatic heterocycles. The fourth-order valence-electron chi connectivity index (χ4n) is 2.83. The van der Waals surface area contributed by atoms with E-state index in [1.807, 2.05) is 18.2 Å². The lowest BCUT2D eigenvalue weighted by Crippen LogP contribution is -2.32. The van der Waals surface area contributed by atoms with Crippen LogP contribution in [0.3, 0.4) is 0 Å². The average Bonchev–Trinajstić information content (AvgIpc) is 2.57. The third kappa shape index (κ3) is 6.13. The van der Waals surface area contributed by atoms with Gasteiger partial charge in [0.2, 0.25) is 5.91 Å². The third-order valence-corrected chi connectivity index (χ3v) is 3.99. The quantitative estimate of drug-likeness (QED) is 0.784. The zero-order valence-corrected chi connectivity index (χ0v) is 14.5. The van der Waals surface area contributed by atoms with Gasteiger partial charge in [-0.25, -0.2) is 0 Å². The second-order valence-corrected chi connectivity index (χ2v) is 6.37. The van der Waals surface area contributed by atoms with E-state index in [9.17, 15) is 9.90 Å². The van der Waals surface area contributed by atoms with E-state index in [4.69, 9.17) is 0 Å². The maximum Gasteiger partial charge on any atom is 0.220 e. The van der Waals surface area contributed by atoms with Crippen LogP contribution in [0.1, 0.15) is 28.8 Å². The van der Waals surface area contributed by atoms with Gasteiger partial charge in [-0.05, 0) is 44.4 Å². The number of rotatable bonds is 8. The maximum absolute atomic E-state index is 12.1. The number of pyridine rings is 1. The lowest BCUT2D eigenvalue weighted by atomic mass is 10.0. The van der Waals surface area contributed by atoms with Crippen LogP contribution in [-0.2, 0) is 17.6 Å². The van der Waals surface area contributed by atoms with Gasteiger partial charge in [-0.1, -0.05) is 35.4 Å². The van der Waals surface area contributed by atoms with E-state index in [1.165, 1.54) is 16.7 Å². The van der Waals surface area contributed by atoms with Gasteiger partial charge >= 0.3 is 0 Å². The summed E-state index contributed by atoms with van der Waals surface area (Å²) in [5, 5.41) is 12.4. The van der Waals surface area contributed by atoms with E-state index in [0.717, 1.165) is 12.1 Å². The Labute approximate surface area is 143 Å². The molecular formula is C20H26N2O2. The van der Waals surface area contributed by atoms with Crippen LogP contribution in [0.4, 0.5) is 0 Å². The molecule has 4 nitrogen and oxygen atoms in total. The summed E-state index contributed by atoms with van der Waals surface area (Å²) >= 11 is 0. The largest absolute Gasteiger partial charge is 0.396 e. The molecule has 1 atom stereocenters. The van der Waals surface area contributed by atoms with Crippen molar-refractivity contribution in [2.45, 2.75) is 33.1 Å². The van der Waals surface area contributed by atoms with Crippen LogP contribution in [0, 0.1) is 19.8 Å². The Kier molecular flexibility index (Phi) is 6.94. The molecule has 0 radical (unpaired) electrons. The molecule has 0 saturated carbocycles. The number of carbonyl (C=O) groups excluding carboxylic acids is 1. The minimum atomic E-state index is -0.00920. The molecule has 0 aliphatic heterocycles. The van der Waals surface area contributed by atoms with E-state index in [-0.39, 0.29) is 18.4 Å². The zero-order chi connectivity index (χ0) is 17.4. The second kappa shape index (κ2) is 9.18. The number of benzene rings is 1. The van der Waals surface area contributed by atoms with E-state index >= 15 is 0 Å². The first-order valence-electron chi connectivity index (χ1n) is 8.41. The highest BCUT2D eigenvalue weighted by molar-refractivity contribution is 5.76. The smallest absolute Gasteiger partial charge is 0.220 e. The molecule has 4 heteroatoms. The molecule has 1 aromatic carbocycles. The standard InChI is InChI=1S/C20H26N2O2/c1-15-9-16(2)11-17(10-15)6-7-20(24)22-13-18(14-23)12-19-5-3-4-8-21-19/h3-5,8-11,18,23H,6-7,12-14H2,1-2H3,(H,22,24). The summed E-state index contributed by atoms with van der Waals surface area (Å²) < 4.78 is 0. The molecule has 2 rings (SSSR count). The zero-order valence-electron chi connectivity index (χ0n) is 14.5. The number of aliphatic hydroxyl groups is 1. The highest BCUT2D eigenvalue weighted by Gasteiger charge is 2.11. The molecule has 2 N–H and O–H groups in total. The summed E-state index contributed by atoms with van der Waals surface area (Å²) in [6, 6.07) is 12.1. The Bertz CT molecular complexity index is 636. The van der Waals surface area contributed by atoms with Crippen molar-refractivity contribution in [1.82, 2.24) is 10.3 Å². The highest BCUT2D eigenvalue weighted by atomic mass is 16.3. The van der Waals surface area contributed by atoms with Gasteiger partial charge in [-0.2, -0.15) is 0 Å². The first kappa shape index (κ1) is 18.1. The van der Waals surface area contributed by atoms with E-state index in [0.29, 0.717) is 19.4 Å². The van der Waals surface area contributed by atoms with Gasteiger partial charge in [0, 0.05) is 37.4 Å². The fraction of sp³-hybridized carbons (Fsp3) is 0.400. The van der Waals surface area contributed by atoms with Crippen molar-refractivity contribution in [2.75, 3.05) is 13.2 Å². The summed E-state index contributed by atoms with van der Waals surface area (Å²) in [6.45, 7) is 4.65. The van der Waals surface area contributed by atoms with Gasteiger partial charge in [-0.3, -0.25) is 9.78 Å². The lowest BCUT2D eigenvalue weighted by molar-refractivity contribution is -0.121. The Hall–Kier alpha value is -2.20. The number of nitrogens with zero attached hydrogens (tertiary/aromatic N) is 1. The summed E-state index contributed by atoms with van der Waals surface area (Å²) in [7, 11) is 0. The van der Waals surface area contributed by atoms with E-state index < -0.39 is 0 Å². The van der Waals surface area contributed by atoms with Crippen LogP contribution >= 0.6 is 0 Å². The minimum Gasteiger partial charge on any atom is -0.396 e. The maximum atomic E-state index is 12.1. The van der Waals surface area contributed by atoms with Crippen molar-refractivity contribution in [3.63, 3.8) is 0 Å². The van der Waals surface area contributed by atoms with Gasteiger partial charge in [0.15, 0.2) is 0 Å². The number of nitrogens with one attached hydrogen (secondary N) is 1. The van der Waals surface area contributed by atoms with Crippen LogP contribution in [-0.4, -0.2) is 29.1 Å². The van der Waals surface area contributed by atoms with E-state index in [1.54, 1.807) is 6.20 Å². The molecule has 24 heavy (non-hydrogen) atoms. The number of hydrogen-bond donors (Lipinski definition) is 2. The highest BCUT2D eigenvalue weighted by Crippen LogP contribution is 2.11. The van der Waals surface area contributed by atoms with Gasteiger partial charge in [0.1, 0.15) is 0 Å². The topological polar surface area (TPSA) is 62.2 Å². The number of aryl methyl sites for hydroxylation is 3. The van der Waals surface area contributed by atoms with Crippen LogP contribution in [0.15, 0.2) is 42.6 Å². The molecule has 0 aliphatic carbocycles. The second-order valence-electron chi connectivity index (χ2n) is 6.37. The molecule has 0 aliphatic rings. The average molecular weight is 326 g/mol. The number of aliphatic hydroxyl groups excluding tert-OH is 1. The molecule has 1 heterocycles. The van der Waals surface area contributed by atoms with Gasteiger partial charge in [0.25, 0.3) is 0 Å². The lowest BCUT2D eigenvalue weighted by Gasteiger charge is -2.15. The number of amides is 1. The summed E-state index contributed by atoms with van der Waals surface area (Å²) in [6.07, 6.45) is 3.60. The molecule has 0 fully saturated rings. The normalized spacial score (nSPS) is 12.0. The molecule has 0 spiro atoms. The molecule has 0 bridgehead atoms. The molecule has 2 aromatic rings. The Morgan fingerprint density at radius 3 is 2.58 bits per heavy atom. The minimum absolute atomic E-state index is 0.00920. The Morgan fingerprint density at radius 1 is 1.21 bits per heavy atom. The number of aromatic nitrogens is 1. The first-order valence-corrected chi connectivity index (χ1v) is 8.41. The Balaban J connectivity index is 1.77. The van der Waals surface area contributed by atoms with Crippen molar-refractivity contribution in [1.29, 1.82) is 0 Å². The van der Waals surface area contributed by atoms with Crippen molar-refractivity contribution in [3.05, 3.63) is 65.0 Å². The summed E-state index contributed by atoms with van der Waals surface area (Å²) in [4.78, 5) is 16.3. The van der Waals surface area contributed by atoms with Gasteiger partial charge in [0.05, 0.1) is 0 Å². The van der Waals surface area contributed by atoms with Crippen LogP contribution in [0.25, 0.3) is 0 Å².